The third-order valence-corrected chi connectivity index (χ3v) is 2.51. The van der Waals surface area contributed by atoms with E-state index in [2.05, 4.69) is 0 Å². The smallest absolute Gasteiger partial charge is 0.308 e. The van der Waals surface area contributed by atoms with Crippen LogP contribution in [0.2, 0.25) is 0 Å². The quantitative estimate of drug-likeness (QED) is 0.598. The second kappa shape index (κ2) is 3.87. The molecule has 0 aromatic carbocycles. The van der Waals surface area contributed by atoms with Crippen LogP contribution in [-0.2, 0) is 4.79 Å². The molecule has 1 aliphatic rings. The number of aliphatic carboxylic acids is 1. The number of nitrogens with zero attached hydrogens (tertiary/aromatic N) is 1. The summed E-state index contributed by atoms with van der Waals surface area (Å²) in [6, 6.07) is 0. The zero-order valence-electron chi connectivity index (χ0n) is 7.23. The second-order valence-electron chi connectivity index (χ2n) is 3.44. The lowest BCUT2D eigenvalue weighted by Gasteiger charge is -2.33. The third-order valence-electron chi connectivity index (χ3n) is 2.51. The molecule has 0 aliphatic carbocycles. The molecule has 12 heavy (non-hydrogen) atoms. The van der Waals surface area contributed by atoms with Crippen molar-refractivity contribution in [2.75, 3.05) is 26.7 Å². The molecule has 0 aromatic heterocycles. The molecule has 1 saturated heterocycles. The minimum Gasteiger partial charge on any atom is -0.481 e. The summed E-state index contributed by atoms with van der Waals surface area (Å²) in [6.07, 6.45) is 0.782. The number of aliphatic hydroxyl groups excluding tert-OH is 1. The van der Waals surface area contributed by atoms with Crippen LogP contribution >= 0.6 is 0 Å². The van der Waals surface area contributed by atoms with E-state index < -0.39 is 11.9 Å². The van der Waals surface area contributed by atoms with Crippen LogP contribution in [0.1, 0.15) is 6.42 Å². The minimum atomic E-state index is -0.791. The van der Waals surface area contributed by atoms with Crippen molar-refractivity contribution in [3.63, 3.8) is 0 Å². The average molecular weight is 173 g/mol. The molecule has 4 nitrogen and oxygen atoms in total. The van der Waals surface area contributed by atoms with E-state index in [0.29, 0.717) is 6.54 Å². The summed E-state index contributed by atoms with van der Waals surface area (Å²) in [4.78, 5) is 12.7. The molecule has 0 spiro atoms. The molecule has 2 atom stereocenters. The molecule has 70 valence electrons. The Bertz CT molecular complexity index is 172. The molecular weight excluding hydrogens is 158 g/mol. The fourth-order valence-corrected chi connectivity index (χ4v) is 1.66. The summed E-state index contributed by atoms with van der Waals surface area (Å²) in [5.41, 5.74) is 0. The first-order valence-corrected chi connectivity index (χ1v) is 4.17. The predicted octanol–water partition coefficient (Wildman–Crippen LogP) is -0.369. The normalized spacial score (nSPS) is 31.8. The highest BCUT2D eigenvalue weighted by molar-refractivity contribution is 5.70. The van der Waals surface area contributed by atoms with Crippen LogP contribution < -0.4 is 0 Å². The number of hydrogen-bond donors (Lipinski definition) is 2. The topological polar surface area (TPSA) is 60.8 Å². The Hall–Kier alpha value is -0.610. The van der Waals surface area contributed by atoms with Crippen molar-refractivity contribution in [2.24, 2.45) is 11.8 Å². The summed E-state index contributed by atoms with van der Waals surface area (Å²) in [7, 11) is 1.91. The van der Waals surface area contributed by atoms with Crippen molar-refractivity contribution < 1.29 is 15.0 Å². The van der Waals surface area contributed by atoms with Crippen molar-refractivity contribution in [1.82, 2.24) is 4.90 Å². The van der Waals surface area contributed by atoms with Gasteiger partial charge >= 0.3 is 5.97 Å². The zero-order chi connectivity index (χ0) is 9.14. The number of carboxylic acids is 1. The van der Waals surface area contributed by atoms with E-state index in [1.165, 1.54) is 0 Å². The molecule has 0 saturated carbocycles. The van der Waals surface area contributed by atoms with Gasteiger partial charge in [0.15, 0.2) is 0 Å². The highest BCUT2D eigenvalue weighted by Gasteiger charge is 2.32. The largest absolute Gasteiger partial charge is 0.481 e. The highest BCUT2D eigenvalue weighted by Crippen LogP contribution is 2.22. The lowest BCUT2D eigenvalue weighted by molar-refractivity contribution is -0.146. The zero-order valence-corrected chi connectivity index (χ0v) is 7.23. The first-order valence-electron chi connectivity index (χ1n) is 4.17. The van der Waals surface area contributed by atoms with Gasteiger partial charge in [0.2, 0.25) is 0 Å². The van der Waals surface area contributed by atoms with Crippen LogP contribution in [0.4, 0.5) is 0 Å². The molecule has 0 radical (unpaired) electrons. The van der Waals surface area contributed by atoms with Crippen LogP contribution in [0.15, 0.2) is 0 Å². The van der Waals surface area contributed by atoms with E-state index in [4.69, 9.17) is 10.2 Å². The number of carbonyl (C=O) groups is 1. The number of likely N-dealkylation sites (tertiary alicyclic amines) is 1. The van der Waals surface area contributed by atoms with Gasteiger partial charge in [0.25, 0.3) is 0 Å². The van der Waals surface area contributed by atoms with Crippen molar-refractivity contribution in [3.8, 4) is 0 Å². The third kappa shape index (κ3) is 1.95. The van der Waals surface area contributed by atoms with Gasteiger partial charge in [-0.2, -0.15) is 0 Å². The van der Waals surface area contributed by atoms with Gasteiger partial charge in [0.1, 0.15) is 0 Å². The molecular formula is C8H15NO3. The Morgan fingerprint density at radius 3 is 2.83 bits per heavy atom. The lowest BCUT2D eigenvalue weighted by Crippen LogP contribution is -2.43. The first kappa shape index (κ1) is 9.48. The molecule has 1 aliphatic heterocycles. The maximum absolute atomic E-state index is 10.7. The van der Waals surface area contributed by atoms with E-state index >= 15 is 0 Å². The van der Waals surface area contributed by atoms with E-state index in [1.807, 2.05) is 11.9 Å². The van der Waals surface area contributed by atoms with E-state index in [0.717, 1.165) is 13.0 Å². The second-order valence-corrected chi connectivity index (χ2v) is 3.44. The van der Waals surface area contributed by atoms with E-state index in [1.54, 1.807) is 0 Å². The van der Waals surface area contributed by atoms with Crippen molar-refractivity contribution in [1.29, 1.82) is 0 Å². The van der Waals surface area contributed by atoms with Gasteiger partial charge in [-0.1, -0.05) is 0 Å². The standard InChI is InChI=1S/C8H15NO3/c1-9-3-2-6(5-10)7(4-9)8(11)12/h6-7,10H,2-5H2,1H3,(H,11,12). The molecule has 2 unspecified atom stereocenters. The molecule has 1 heterocycles. The van der Waals surface area contributed by atoms with Crippen LogP contribution in [0.3, 0.4) is 0 Å². The molecule has 4 heteroatoms. The number of hydrogen-bond acceptors (Lipinski definition) is 3. The van der Waals surface area contributed by atoms with Gasteiger partial charge in [-0.3, -0.25) is 4.79 Å². The van der Waals surface area contributed by atoms with Crippen molar-refractivity contribution in [3.05, 3.63) is 0 Å². The summed E-state index contributed by atoms with van der Waals surface area (Å²) in [6.45, 7) is 1.43. The minimum absolute atomic E-state index is 0.00912. The number of aliphatic hydroxyl groups is 1. The van der Waals surface area contributed by atoms with Crippen LogP contribution in [0.25, 0.3) is 0 Å². The highest BCUT2D eigenvalue weighted by atomic mass is 16.4. The maximum atomic E-state index is 10.7. The Morgan fingerprint density at radius 1 is 1.67 bits per heavy atom. The summed E-state index contributed by atoms with van der Waals surface area (Å²) in [5.74, 6) is -1.24. The van der Waals surface area contributed by atoms with Gasteiger partial charge in [0.05, 0.1) is 5.92 Å². The SMILES string of the molecule is CN1CCC(CO)C(C(=O)O)C1. The van der Waals surface area contributed by atoms with E-state index in [9.17, 15) is 4.79 Å². The Balaban J connectivity index is 2.58. The lowest BCUT2D eigenvalue weighted by atomic mass is 9.86. The van der Waals surface area contributed by atoms with Crippen LogP contribution in [-0.4, -0.2) is 47.8 Å². The number of carboxylic acid groups (broad SMARTS) is 1. The number of piperidine rings is 1. The molecule has 1 rings (SSSR count). The Morgan fingerprint density at radius 2 is 2.33 bits per heavy atom. The van der Waals surface area contributed by atoms with Gasteiger partial charge < -0.3 is 15.1 Å². The fraction of sp³-hybridized carbons (Fsp3) is 0.875. The molecule has 2 N–H and O–H groups in total. The summed E-state index contributed by atoms with van der Waals surface area (Å²) < 4.78 is 0. The van der Waals surface area contributed by atoms with Gasteiger partial charge in [-0.15, -0.1) is 0 Å². The molecule has 0 amide bonds. The Kier molecular flexibility index (Phi) is 3.05. The predicted molar refractivity (Wildman–Crippen MR) is 43.8 cm³/mol. The average Bonchev–Trinajstić information content (AvgIpc) is 2.04. The molecule has 0 aromatic rings. The van der Waals surface area contributed by atoms with E-state index in [-0.39, 0.29) is 12.5 Å². The van der Waals surface area contributed by atoms with Gasteiger partial charge in [0, 0.05) is 13.2 Å². The number of rotatable bonds is 2. The van der Waals surface area contributed by atoms with Crippen molar-refractivity contribution >= 4 is 5.97 Å². The fourth-order valence-electron chi connectivity index (χ4n) is 1.66. The van der Waals surface area contributed by atoms with Crippen molar-refractivity contribution in [2.45, 2.75) is 6.42 Å². The van der Waals surface area contributed by atoms with Gasteiger partial charge in [-0.05, 0) is 25.9 Å². The van der Waals surface area contributed by atoms with Gasteiger partial charge in [-0.25, -0.2) is 0 Å². The maximum Gasteiger partial charge on any atom is 0.308 e. The van der Waals surface area contributed by atoms with Crippen LogP contribution in [0, 0.1) is 11.8 Å². The van der Waals surface area contributed by atoms with Crippen LogP contribution in [0.5, 0.6) is 0 Å². The monoisotopic (exact) mass is 173 g/mol. The molecule has 0 bridgehead atoms. The molecule has 1 fully saturated rings. The summed E-state index contributed by atoms with van der Waals surface area (Å²) in [5, 5.41) is 17.7. The Labute approximate surface area is 71.8 Å². The summed E-state index contributed by atoms with van der Waals surface area (Å²) >= 11 is 0. The first-order chi connectivity index (χ1) is 5.65.